The van der Waals surface area contributed by atoms with Crippen molar-refractivity contribution in [2.24, 2.45) is 5.11 Å². The Morgan fingerprint density at radius 3 is 2.63 bits per heavy atom. The number of carbonyl (C=O) groups is 1. The number of aromatic amines is 1. The van der Waals surface area contributed by atoms with Crippen LogP contribution in [0, 0.1) is 6.92 Å². The van der Waals surface area contributed by atoms with Crippen LogP contribution >= 0.6 is 7.75 Å². The molecule has 1 aliphatic carbocycles. The number of H-pyrrole nitrogens is 1. The average Bonchev–Trinajstić information content (AvgIpc) is 3.25. The van der Waals surface area contributed by atoms with Crippen LogP contribution in [0.1, 0.15) is 32.6 Å². The van der Waals surface area contributed by atoms with Crippen LogP contribution in [0.25, 0.3) is 10.4 Å². The number of hydrogen-bond donors (Lipinski definition) is 3. The van der Waals surface area contributed by atoms with E-state index in [2.05, 4.69) is 20.1 Å². The zero-order valence-electron chi connectivity index (χ0n) is 20.9. The van der Waals surface area contributed by atoms with Gasteiger partial charge in [0.25, 0.3) is 5.56 Å². The highest BCUT2D eigenvalue weighted by atomic mass is 31.2. The fourth-order valence-corrected chi connectivity index (χ4v) is 5.83. The van der Waals surface area contributed by atoms with Crippen molar-refractivity contribution in [3.63, 3.8) is 0 Å². The van der Waals surface area contributed by atoms with Crippen molar-refractivity contribution in [3.05, 3.63) is 73.4 Å². The highest BCUT2D eigenvalue weighted by Gasteiger charge is 2.79. The van der Waals surface area contributed by atoms with Gasteiger partial charge in [0.1, 0.15) is 41.9 Å². The first-order chi connectivity index (χ1) is 17.9. The third-order valence-electron chi connectivity index (χ3n) is 5.98. The first kappa shape index (κ1) is 27.6. The minimum absolute atomic E-state index is 0.145. The Morgan fingerprint density at radius 2 is 2.00 bits per heavy atom. The van der Waals surface area contributed by atoms with Gasteiger partial charge in [-0.15, -0.1) is 0 Å². The van der Waals surface area contributed by atoms with Crippen LogP contribution in [0.4, 0.5) is 0 Å². The second kappa shape index (κ2) is 10.4. The Bertz CT molecular complexity index is 1420. The minimum atomic E-state index is -4.39. The summed E-state index contributed by atoms with van der Waals surface area (Å²) in [6.45, 7) is 6.17. The van der Waals surface area contributed by atoms with E-state index in [0.717, 1.165) is 4.57 Å². The normalized spacial score (nSPS) is 28.1. The van der Waals surface area contributed by atoms with E-state index < -0.39 is 67.2 Å². The Kier molecular flexibility index (Phi) is 7.53. The van der Waals surface area contributed by atoms with Gasteiger partial charge in [-0.25, -0.2) is 9.36 Å². The number of carbonyl (C=O) groups excluding carboxylic acids is 1. The molecule has 2 fully saturated rings. The lowest BCUT2D eigenvalue weighted by Gasteiger charge is -2.27. The fraction of sp³-hybridized carbons (Fsp3) is 0.500. The van der Waals surface area contributed by atoms with E-state index in [1.807, 2.05) is 0 Å². The lowest BCUT2D eigenvalue weighted by Crippen LogP contribution is -2.42. The van der Waals surface area contributed by atoms with E-state index in [9.17, 15) is 24.1 Å². The summed E-state index contributed by atoms with van der Waals surface area (Å²) >= 11 is 0. The first-order valence-corrected chi connectivity index (χ1v) is 13.2. The molecule has 1 aromatic carbocycles. The number of rotatable bonds is 10. The first-order valence-electron chi connectivity index (χ1n) is 11.6. The molecular weight excluding hydrogens is 523 g/mol. The summed E-state index contributed by atoms with van der Waals surface area (Å²) in [4.78, 5) is 41.4. The number of aryl methyl sites for hydroxylation is 1. The van der Waals surface area contributed by atoms with Crippen molar-refractivity contribution >= 4 is 13.7 Å². The lowest BCUT2D eigenvalue weighted by atomic mass is 10.1. The Morgan fingerprint density at radius 1 is 1.32 bits per heavy atom. The number of fused-ring (bicyclic) bond motifs is 1. The van der Waals surface area contributed by atoms with E-state index in [4.69, 9.17) is 24.1 Å². The number of aromatic nitrogens is 2. The number of ether oxygens (including phenoxy) is 2. The molecule has 3 N–H and O–H groups in total. The average molecular weight is 550 g/mol. The molecule has 1 aliphatic heterocycles. The number of aliphatic hydroxyl groups is 1. The van der Waals surface area contributed by atoms with Crippen LogP contribution in [0.15, 0.2) is 51.2 Å². The summed E-state index contributed by atoms with van der Waals surface area (Å²) in [5.41, 5.74) is 5.87. The van der Waals surface area contributed by atoms with Crippen LogP contribution in [0.3, 0.4) is 0 Å². The van der Waals surface area contributed by atoms with Crippen LogP contribution in [0.5, 0.6) is 5.75 Å². The standard InChI is InChI=1S/C22H27N6O9P/c1-11(2)34-20(30)13(4)26-38(33,36-14-8-6-5-7-9-14)37-17-16-22(17,32)15(25-27-23)19(35-16)28-10-12(3)18(29)24-21(28)31/h5-11,13,15-17,19,32H,1-4H3,(H,26,33)(H,24,29,31)/t13-,15?,16-,17?,19-,22+,38?/m1/s1. The van der Waals surface area contributed by atoms with Gasteiger partial charge in [-0.05, 0) is 45.4 Å². The molecule has 0 spiro atoms. The summed E-state index contributed by atoms with van der Waals surface area (Å²) in [6.07, 6.45) is -3.02. The smallest absolute Gasteiger partial charge is 0.459 e. The summed E-state index contributed by atoms with van der Waals surface area (Å²) in [6, 6.07) is 5.45. The summed E-state index contributed by atoms with van der Waals surface area (Å²) in [7, 11) is -4.39. The number of azide groups is 1. The number of benzene rings is 1. The monoisotopic (exact) mass is 550 g/mol. The molecule has 4 rings (SSSR count). The molecule has 204 valence electrons. The predicted octanol–water partition coefficient (Wildman–Crippen LogP) is 1.67. The molecule has 1 saturated carbocycles. The van der Waals surface area contributed by atoms with Crippen LogP contribution in [0.2, 0.25) is 0 Å². The van der Waals surface area contributed by atoms with Gasteiger partial charge in [0.2, 0.25) is 0 Å². The third-order valence-corrected chi connectivity index (χ3v) is 7.64. The van der Waals surface area contributed by atoms with Crippen LogP contribution in [-0.4, -0.2) is 56.6 Å². The second-order valence-electron chi connectivity index (χ2n) is 9.23. The molecule has 1 aromatic heterocycles. The molecule has 2 aliphatic rings. The Balaban J connectivity index is 1.61. The van der Waals surface area contributed by atoms with Gasteiger partial charge in [-0.2, -0.15) is 5.09 Å². The highest BCUT2D eigenvalue weighted by Crippen LogP contribution is 2.61. The number of hydrogen-bond acceptors (Lipinski definition) is 10. The molecule has 0 radical (unpaired) electrons. The fourth-order valence-electron chi connectivity index (χ4n) is 4.11. The lowest BCUT2D eigenvalue weighted by molar-refractivity contribution is -0.149. The van der Waals surface area contributed by atoms with E-state index in [-0.39, 0.29) is 11.3 Å². The summed E-state index contributed by atoms with van der Waals surface area (Å²) < 4.78 is 37.0. The molecule has 1 saturated heterocycles. The second-order valence-corrected chi connectivity index (χ2v) is 10.9. The molecule has 0 amide bonds. The van der Waals surface area contributed by atoms with E-state index in [1.165, 1.54) is 32.2 Å². The van der Waals surface area contributed by atoms with Crippen molar-refractivity contribution < 1.29 is 33.0 Å². The van der Waals surface area contributed by atoms with Gasteiger partial charge < -0.3 is 19.1 Å². The molecular formula is C22H27N6O9P. The Hall–Kier alpha value is -3.45. The largest absolute Gasteiger partial charge is 0.462 e. The van der Waals surface area contributed by atoms with Gasteiger partial charge in [0, 0.05) is 16.7 Å². The zero-order valence-corrected chi connectivity index (χ0v) is 21.8. The third kappa shape index (κ3) is 5.25. The number of esters is 1. The van der Waals surface area contributed by atoms with Gasteiger partial charge >= 0.3 is 19.4 Å². The van der Waals surface area contributed by atoms with Crippen LogP contribution in [-0.2, 0) is 23.4 Å². The summed E-state index contributed by atoms with van der Waals surface area (Å²) in [5.74, 6) is -0.572. The molecule has 7 atom stereocenters. The van der Waals surface area contributed by atoms with E-state index in [0.29, 0.717) is 0 Å². The van der Waals surface area contributed by atoms with Crippen molar-refractivity contribution in [2.45, 2.75) is 69.9 Å². The minimum Gasteiger partial charge on any atom is -0.462 e. The number of nitrogens with one attached hydrogen (secondary N) is 2. The van der Waals surface area contributed by atoms with Gasteiger partial charge in [-0.3, -0.25) is 23.7 Å². The molecule has 38 heavy (non-hydrogen) atoms. The zero-order chi connectivity index (χ0) is 27.8. The molecule has 2 aromatic rings. The number of para-hydroxylation sites is 1. The molecule has 3 unspecified atom stereocenters. The van der Waals surface area contributed by atoms with Crippen molar-refractivity contribution in [1.82, 2.24) is 14.6 Å². The quantitative estimate of drug-likeness (QED) is 0.128. The van der Waals surface area contributed by atoms with Crippen LogP contribution < -0.4 is 20.9 Å². The maximum Gasteiger partial charge on any atom is 0.459 e. The molecule has 15 nitrogen and oxygen atoms in total. The van der Waals surface area contributed by atoms with E-state index >= 15 is 0 Å². The van der Waals surface area contributed by atoms with Crippen molar-refractivity contribution in [2.75, 3.05) is 0 Å². The van der Waals surface area contributed by atoms with Crippen molar-refractivity contribution in [1.29, 1.82) is 0 Å². The Labute approximate surface area is 215 Å². The number of nitrogens with zero attached hydrogens (tertiary/aromatic N) is 4. The molecule has 0 bridgehead atoms. The van der Waals surface area contributed by atoms with Gasteiger partial charge in [0.05, 0.1) is 6.10 Å². The van der Waals surface area contributed by atoms with Gasteiger partial charge in [0.15, 0.2) is 0 Å². The highest BCUT2D eigenvalue weighted by molar-refractivity contribution is 7.52. The summed E-state index contributed by atoms with van der Waals surface area (Å²) in [5, 5.41) is 17.5. The van der Waals surface area contributed by atoms with E-state index in [1.54, 1.807) is 32.0 Å². The van der Waals surface area contributed by atoms with Crippen molar-refractivity contribution in [3.8, 4) is 5.75 Å². The maximum absolute atomic E-state index is 13.8. The molecule has 16 heteroatoms. The SMILES string of the molecule is Cc1cn([C@@H]2O[C@@H]3C(OP(=O)(N[C@H](C)C(=O)OC(C)C)Oc4ccccc4)[C@]3(O)C2N=[N+]=[N-])c(=O)[nH]c1=O. The van der Waals surface area contributed by atoms with Gasteiger partial charge in [-0.1, -0.05) is 23.3 Å². The maximum atomic E-state index is 13.8. The topological polar surface area (TPSA) is 207 Å². The molecule has 2 heterocycles. The predicted molar refractivity (Wildman–Crippen MR) is 131 cm³/mol.